The molecular weight excluding hydrogens is 392 g/mol. The number of hydrogen-bond acceptors (Lipinski definition) is 7. The molecule has 0 saturated carbocycles. The summed E-state index contributed by atoms with van der Waals surface area (Å²) in [6.07, 6.45) is 5.42. The summed E-state index contributed by atoms with van der Waals surface area (Å²) in [7, 11) is 0. The third-order valence-electron chi connectivity index (χ3n) is 5.96. The lowest BCUT2D eigenvalue weighted by Crippen LogP contribution is -2.29. The number of benzene rings is 1. The number of nitrogens with one attached hydrogen (secondary N) is 1. The molecule has 7 heteroatoms. The van der Waals surface area contributed by atoms with Gasteiger partial charge in [-0.1, -0.05) is 24.4 Å². The van der Waals surface area contributed by atoms with E-state index in [2.05, 4.69) is 39.9 Å². The first-order chi connectivity index (χ1) is 14.6. The Morgan fingerprint density at radius 1 is 1.20 bits per heavy atom. The van der Waals surface area contributed by atoms with Gasteiger partial charge >= 0.3 is 0 Å². The van der Waals surface area contributed by atoms with Crippen LogP contribution in [0, 0.1) is 11.3 Å². The summed E-state index contributed by atoms with van der Waals surface area (Å²) >= 11 is 1.79. The first-order valence-corrected chi connectivity index (χ1v) is 11.2. The zero-order valence-electron chi connectivity index (χ0n) is 16.8. The Morgan fingerprint density at radius 3 is 2.73 bits per heavy atom. The van der Waals surface area contributed by atoms with Crippen molar-refractivity contribution < 1.29 is 0 Å². The van der Waals surface area contributed by atoms with Crippen molar-refractivity contribution in [2.24, 2.45) is 0 Å². The minimum Gasteiger partial charge on any atom is -0.398 e. The number of pyridine rings is 1. The molecule has 0 amide bonds. The zero-order valence-corrected chi connectivity index (χ0v) is 17.6. The van der Waals surface area contributed by atoms with Crippen LogP contribution in [0.5, 0.6) is 0 Å². The van der Waals surface area contributed by atoms with E-state index in [1.165, 1.54) is 29.0 Å². The van der Waals surface area contributed by atoms with Crippen LogP contribution in [0.2, 0.25) is 0 Å². The highest BCUT2D eigenvalue weighted by Gasteiger charge is 2.33. The van der Waals surface area contributed by atoms with Crippen molar-refractivity contribution in [1.29, 1.82) is 5.26 Å². The fourth-order valence-electron chi connectivity index (χ4n) is 4.29. The summed E-state index contributed by atoms with van der Waals surface area (Å²) in [6.45, 7) is 7.40. The van der Waals surface area contributed by atoms with Crippen LogP contribution in [0.3, 0.4) is 0 Å². The molecule has 0 bridgehead atoms. The summed E-state index contributed by atoms with van der Waals surface area (Å²) in [6, 6.07) is 12.0. The highest BCUT2D eigenvalue weighted by atomic mass is 32.2. The van der Waals surface area contributed by atoms with Gasteiger partial charge in [-0.3, -0.25) is 0 Å². The Bertz CT molecular complexity index is 1060. The number of thioether (sulfide) groups is 1. The van der Waals surface area contributed by atoms with E-state index >= 15 is 0 Å². The number of anilines is 3. The molecule has 3 N–H and O–H groups in total. The van der Waals surface area contributed by atoms with Crippen LogP contribution in [0.25, 0.3) is 0 Å². The predicted molar refractivity (Wildman–Crippen MR) is 123 cm³/mol. The van der Waals surface area contributed by atoms with Crippen LogP contribution in [0.15, 0.2) is 59.4 Å². The standard InChI is InChI=1S/C23H24N6S/c1-15-22-20(8-11-29(15)18-6-4-16(13-24)19(25)12-18)27-23(30-22)17-5-7-21(26-14-17)28-9-2-3-10-28/h4-7,12,14,23,27H,1-3,8-11,25H2. The fraction of sp³-hybridized carbons (Fsp3) is 0.304. The van der Waals surface area contributed by atoms with Gasteiger partial charge in [-0.15, -0.1) is 0 Å². The minimum absolute atomic E-state index is 0.151. The van der Waals surface area contributed by atoms with E-state index in [0.717, 1.165) is 43.3 Å². The molecule has 1 atom stereocenters. The number of nitrogens with two attached hydrogens (primary N) is 1. The molecule has 3 aliphatic rings. The van der Waals surface area contributed by atoms with Crippen LogP contribution in [0.1, 0.15) is 35.8 Å². The molecule has 4 heterocycles. The average Bonchev–Trinajstić information content (AvgIpc) is 3.45. The summed E-state index contributed by atoms with van der Waals surface area (Å²) < 4.78 is 0. The normalized spacial score (nSPS) is 20.9. The van der Waals surface area contributed by atoms with E-state index in [4.69, 9.17) is 16.0 Å². The zero-order chi connectivity index (χ0) is 20.7. The number of nitriles is 1. The molecular formula is C23H24N6S. The molecule has 30 heavy (non-hydrogen) atoms. The molecule has 1 aromatic heterocycles. The maximum atomic E-state index is 9.12. The molecule has 5 rings (SSSR count). The minimum atomic E-state index is 0.151. The molecule has 1 unspecified atom stereocenters. The Balaban J connectivity index is 1.31. The van der Waals surface area contributed by atoms with Gasteiger partial charge in [0.25, 0.3) is 0 Å². The number of nitrogen functional groups attached to an aromatic ring is 1. The number of hydrogen-bond donors (Lipinski definition) is 2. The van der Waals surface area contributed by atoms with Crippen molar-refractivity contribution in [3.8, 4) is 6.07 Å². The molecule has 6 nitrogen and oxygen atoms in total. The first-order valence-electron chi connectivity index (χ1n) is 10.3. The van der Waals surface area contributed by atoms with E-state index in [0.29, 0.717) is 11.3 Å². The summed E-state index contributed by atoms with van der Waals surface area (Å²) in [5.41, 5.74) is 11.4. The third kappa shape index (κ3) is 3.27. The van der Waals surface area contributed by atoms with Crippen LogP contribution >= 0.6 is 11.8 Å². The third-order valence-corrected chi connectivity index (χ3v) is 7.30. The van der Waals surface area contributed by atoms with Gasteiger partial charge in [0.1, 0.15) is 17.3 Å². The monoisotopic (exact) mass is 416 g/mol. The van der Waals surface area contributed by atoms with Gasteiger partial charge < -0.3 is 20.9 Å². The highest BCUT2D eigenvalue weighted by molar-refractivity contribution is 8.03. The van der Waals surface area contributed by atoms with Crippen LogP contribution in [-0.2, 0) is 0 Å². The predicted octanol–water partition coefficient (Wildman–Crippen LogP) is 4.11. The van der Waals surface area contributed by atoms with Gasteiger partial charge in [0.2, 0.25) is 0 Å². The van der Waals surface area contributed by atoms with Crippen LogP contribution < -0.4 is 20.9 Å². The largest absolute Gasteiger partial charge is 0.398 e. The average molecular weight is 417 g/mol. The van der Waals surface area contributed by atoms with E-state index in [1.807, 2.05) is 18.3 Å². The highest BCUT2D eigenvalue weighted by Crippen LogP contribution is 2.48. The van der Waals surface area contributed by atoms with Crippen molar-refractivity contribution in [1.82, 2.24) is 10.3 Å². The lowest BCUT2D eigenvalue weighted by Gasteiger charge is -2.31. The van der Waals surface area contributed by atoms with Crippen molar-refractivity contribution >= 4 is 29.0 Å². The maximum absolute atomic E-state index is 9.12. The van der Waals surface area contributed by atoms with Crippen molar-refractivity contribution in [3.05, 3.63) is 70.5 Å². The maximum Gasteiger partial charge on any atom is 0.128 e. The van der Waals surface area contributed by atoms with E-state index in [1.54, 1.807) is 17.8 Å². The first kappa shape index (κ1) is 18.9. The van der Waals surface area contributed by atoms with E-state index < -0.39 is 0 Å². The second kappa shape index (κ2) is 7.62. The van der Waals surface area contributed by atoms with E-state index in [-0.39, 0.29) is 5.37 Å². The quantitative estimate of drug-likeness (QED) is 0.729. The molecule has 0 aliphatic carbocycles. The fourth-order valence-corrected chi connectivity index (χ4v) is 5.56. The second-order valence-electron chi connectivity index (χ2n) is 7.83. The Morgan fingerprint density at radius 2 is 2.03 bits per heavy atom. The number of aromatic nitrogens is 1. The van der Waals surface area contributed by atoms with Crippen molar-refractivity contribution in [3.63, 3.8) is 0 Å². The Kier molecular flexibility index (Phi) is 4.80. The second-order valence-corrected chi connectivity index (χ2v) is 8.94. The molecule has 1 fully saturated rings. The van der Waals surface area contributed by atoms with Crippen LogP contribution in [0.4, 0.5) is 17.2 Å². The SMILES string of the molecule is C=C1C2=C(CCN1c1ccc(C#N)c(N)c1)NC(c1ccc(N3CCCC3)nc1)S2. The van der Waals surface area contributed by atoms with Gasteiger partial charge in [0.15, 0.2) is 0 Å². The molecule has 1 saturated heterocycles. The smallest absolute Gasteiger partial charge is 0.128 e. The van der Waals surface area contributed by atoms with Crippen molar-refractivity contribution in [2.45, 2.75) is 24.6 Å². The molecule has 0 radical (unpaired) electrons. The van der Waals surface area contributed by atoms with Gasteiger partial charge in [0, 0.05) is 54.9 Å². The Hall–Kier alpha value is -3.11. The molecule has 2 aromatic rings. The molecule has 152 valence electrons. The van der Waals surface area contributed by atoms with Gasteiger partial charge in [-0.05, 0) is 37.1 Å². The molecule has 0 spiro atoms. The number of rotatable bonds is 3. The van der Waals surface area contributed by atoms with E-state index in [9.17, 15) is 0 Å². The van der Waals surface area contributed by atoms with Gasteiger partial charge in [-0.25, -0.2) is 4.98 Å². The van der Waals surface area contributed by atoms with Gasteiger partial charge in [-0.2, -0.15) is 5.26 Å². The lowest BCUT2D eigenvalue weighted by molar-refractivity contribution is 0.721. The number of nitrogens with zero attached hydrogens (tertiary/aromatic N) is 4. The van der Waals surface area contributed by atoms with Gasteiger partial charge in [0.05, 0.1) is 16.2 Å². The Labute approximate surface area is 181 Å². The lowest BCUT2D eigenvalue weighted by atomic mass is 10.1. The summed E-state index contributed by atoms with van der Waals surface area (Å²) in [4.78, 5) is 10.4. The summed E-state index contributed by atoms with van der Waals surface area (Å²) in [5.74, 6) is 1.07. The van der Waals surface area contributed by atoms with Crippen molar-refractivity contribution in [2.75, 3.05) is 35.2 Å². The topological polar surface area (TPSA) is 81.2 Å². The summed E-state index contributed by atoms with van der Waals surface area (Å²) in [5, 5.41) is 12.9. The molecule has 1 aromatic carbocycles. The molecule has 3 aliphatic heterocycles. The van der Waals surface area contributed by atoms with Crippen LogP contribution in [-0.4, -0.2) is 24.6 Å².